The average Bonchev–Trinajstić information content (AvgIpc) is 2.38. The minimum atomic E-state index is -4.94. The Morgan fingerprint density at radius 3 is 2.30 bits per heavy atom. The second-order valence-electron chi connectivity index (χ2n) is 3.80. The molecule has 104 valence electrons. The fourth-order valence-corrected chi connectivity index (χ4v) is 1.63. The van der Waals surface area contributed by atoms with E-state index >= 15 is 0 Å². The minimum absolute atomic E-state index is 0.458. The van der Waals surface area contributed by atoms with Gasteiger partial charge in [0, 0.05) is 12.4 Å². The number of ether oxygens (including phenoxy) is 1. The molecule has 0 fully saturated rings. The number of benzene rings is 1. The van der Waals surface area contributed by atoms with E-state index in [0.29, 0.717) is 11.1 Å². The fraction of sp³-hybridized carbons (Fsp3) is 0.0769. The Morgan fingerprint density at radius 1 is 1.10 bits per heavy atom. The molecule has 0 saturated heterocycles. The summed E-state index contributed by atoms with van der Waals surface area (Å²) < 4.78 is 40.2. The van der Waals surface area contributed by atoms with Gasteiger partial charge < -0.3 is 9.84 Å². The molecule has 1 aromatic heterocycles. The summed E-state index contributed by atoms with van der Waals surface area (Å²) >= 11 is 0. The number of aromatic carboxylic acids is 1. The Kier molecular flexibility index (Phi) is 3.60. The van der Waals surface area contributed by atoms with Gasteiger partial charge in [-0.2, -0.15) is 0 Å². The third kappa shape index (κ3) is 3.25. The zero-order chi connectivity index (χ0) is 14.8. The van der Waals surface area contributed by atoms with Crippen molar-refractivity contribution >= 4 is 5.97 Å². The first kappa shape index (κ1) is 13.9. The second-order valence-corrected chi connectivity index (χ2v) is 3.80. The number of nitrogens with zero attached hydrogens (tertiary/aromatic N) is 1. The number of carboxylic acids is 1. The Labute approximate surface area is 111 Å². The lowest BCUT2D eigenvalue weighted by Gasteiger charge is -2.12. The van der Waals surface area contributed by atoms with E-state index in [1.165, 1.54) is 18.5 Å². The Hall–Kier alpha value is -2.57. The van der Waals surface area contributed by atoms with Crippen molar-refractivity contribution in [2.24, 2.45) is 0 Å². The minimum Gasteiger partial charge on any atom is -0.478 e. The van der Waals surface area contributed by atoms with Crippen LogP contribution in [0.5, 0.6) is 5.75 Å². The van der Waals surface area contributed by atoms with Gasteiger partial charge in [-0.15, -0.1) is 13.2 Å². The van der Waals surface area contributed by atoms with Crippen molar-refractivity contribution in [3.63, 3.8) is 0 Å². The number of alkyl halides is 3. The highest BCUT2D eigenvalue weighted by Crippen LogP contribution is 2.30. The molecule has 0 radical (unpaired) electrons. The molecule has 7 heteroatoms. The number of rotatable bonds is 3. The van der Waals surface area contributed by atoms with E-state index in [2.05, 4.69) is 9.72 Å². The predicted molar refractivity (Wildman–Crippen MR) is 63.3 cm³/mol. The van der Waals surface area contributed by atoms with Crippen molar-refractivity contribution in [2.75, 3.05) is 0 Å². The van der Waals surface area contributed by atoms with Gasteiger partial charge in [-0.05, 0) is 35.4 Å². The van der Waals surface area contributed by atoms with Crippen LogP contribution in [0.25, 0.3) is 11.1 Å². The Balaban J connectivity index is 2.46. The summed E-state index contributed by atoms with van der Waals surface area (Å²) in [6.07, 6.45) is -1.95. The van der Waals surface area contributed by atoms with Gasteiger partial charge in [0.2, 0.25) is 0 Å². The van der Waals surface area contributed by atoms with E-state index in [1.54, 1.807) is 12.1 Å². The first-order valence-electron chi connectivity index (χ1n) is 5.40. The first-order chi connectivity index (χ1) is 9.37. The first-order valence-corrected chi connectivity index (χ1v) is 5.40. The lowest BCUT2D eigenvalue weighted by molar-refractivity contribution is -0.274. The summed E-state index contributed by atoms with van der Waals surface area (Å²) in [5.74, 6) is -2.25. The van der Waals surface area contributed by atoms with Crippen LogP contribution in [-0.2, 0) is 0 Å². The van der Waals surface area contributed by atoms with E-state index in [0.717, 1.165) is 12.1 Å². The van der Waals surface area contributed by atoms with Crippen molar-refractivity contribution < 1.29 is 27.8 Å². The van der Waals surface area contributed by atoms with E-state index in [1.807, 2.05) is 0 Å². The van der Waals surface area contributed by atoms with E-state index in [4.69, 9.17) is 5.11 Å². The van der Waals surface area contributed by atoms with Crippen LogP contribution in [0.1, 0.15) is 10.4 Å². The maximum absolute atomic E-state index is 12.2. The van der Waals surface area contributed by atoms with E-state index in [9.17, 15) is 18.0 Å². The van der Waals surface area contributed by atoms with Crippen LogP contribution in [0.2, 0.25) is 0 Å². The zero-order valence-electron chi connectivity index (χ0n) is 9.89. The predicted octanol–water partition coefficient (Wildman–Crippen LogP) is 3.35. The van der Waals surface area contributed by atoms with Crippen molar-refractivity contribution in [3.8, 4) is 16.9 Å². The average molecular weight is 283 g/mol. The number of hydrogen-bond acceptors (Lipinski definition) is 3. The van der Waals surface area contributed by atoms with E-state index < -0.39 is 23.6 Å². The molecule has 0 saturated carbocycles. The third-order valence-corrected chi connectivity index (χ3v) is 2.45. The molecule has 0 aliphatic carbocycles. The van der Waals surface area contributed by atoms with Crippen molar-refractivity contribution in [1.29, 1.82) is 0 Å². The number of carbonyl (C=O) groups is 1. The van der Waals surface area contributed by atoms with Gasteiger partial charge in [-0.1, -0.05) is 6.07 Å². The molecule has 4 nitrogen and oxygen atoms in total. The molecular formula is C13H8F3NO3. The van der Waals surface area contributed by atoms with Crippen LogP contribution in [0.3, 0.4) is 0 Å². The molecule has 0 aliphatic rings. The third-order valence-electron chi connectivity index (χ3n) is 2.45. The SMILES string of the molecule is O=C(O)c1cc(-c2ccncc2)ccc1OC(F)(F)F. The fourth-order valence-electron chi connectivity index (χ4n) is 1.63. The van der Waals surface area contributed by atoms with E-state index in [-0.39, 0.29) is 0 Å². The van der Waals surface area contributed by atoms with Gasteiger partial charge >= 0.3 is 12.3 Å². The molecule has 0 amide bonds. The summed E-state index contributed by atoms with van der Waals surface area (Å²) in [5.41, 5.74) is 0.539. The van der Waals surface area contributed by atoms with Crippen LogP contribution >= 0.6 is 0 Å². The molecule has 0 atom stereocenters. The van der Waals surface area contributed by atoms with Crippen molar-refractivity contribution in [1.82, 2.24) is 4.98 Å². The van der Waals surface area contributed by atoms with Gasteiger partial charge in [0.05, 0.1) is 0 Å². The Bertz CT molecular complexity index is 627. The van der Waals surface area contributed by atoms with Gasteiger partial charge in [0.15, 0.2) is 0 Å². The molecule has 1 heterocycles. The summed E-state index contributed by atoms with van der Waals surface area (Å²) in [7, 11) is 0. The lowest BCUT2D eigenvalue weighted by Crippen LogP contribution is -2.19. The van der Waals surface area contributed by atoms with Crippen LogP contribution < -0.4 is 4.74 Å². The molecule has 20 heavy (non-hydrogen) atoms. The van der Waals surface area contributed by atoms with Crippen LogP contribution in [0.15, 0.2) is 42.7 Å². The smallest absolute Gasteiger partial charge is 0.478 e. The Morgan fingerprint density at radius 2 is 1.75 bits per heavy atom. The quantitative estimate of drug-likeness (QED) is 0.938. The lowest BCUT2D eigenvalue weighted by atomic mass is 10.0. The molecule has 2 aromatic rings. The van der Waals surface area contributed by atoms with Gasteiger partial charge in [0.25, 0.3) is 0 Å². The standard InChI is InChI=1S/C13H8F3NO3/c14-13(15,16)20-11-2-1-9(7-10(11)12(18)19)8-3-5-17-6-4-8/h1-7H,(H,18,19). The summed E-state index contributed by atoms with van der Waals surface area (Å²) in [4.78, 5) is 14.8. The largest absolute Gasteiger partial charge is 0.573 e. The van der Waals surface area contributed by atoms with Crippen LogP contribution in [0.4, 0.5) is 13.2 Å². The monoisotopic (exact) mass is 283 g/mol. The van der Waals surface area contributed by atoms with Crippen LogP contribution in [0, 0.1) is 0 Å². The highest BCUT2D eigenvalue weighted by atomic mass is 19.4. The maximum Gasteiger partial charge on any atom is 0.573 e. The number of aromatic nitrogens is 1. The van der Waals surface area contributed by atoms with Gasteiger partial charge in [-0.25, -0.2) is 4.79 Å². The topological polar surface area (TPSA) is 59.4 Å². The normalized spacial score (nSPS) is 11.2. The van der Waals surface area contributed by atoms with Gasteiger partial charge in [0.1, 0.15) is 11.3 Å². The number of pyridine rings is 1. The molecule has 0 bridgehead atoms. The summed E-state index contributed by atoms with van der Waals surface area (Å²) in [6, 6.07) is 6.69. The zero-order valence-corrected chi connectivity index (χ0v) is 9.89. The molecule has 1 aromatic carbocycles. The highest BCUT2D eigenvalue weighted by Gasteiger charge is 2.33. The molecule has 0 spiro atoms. The highest BCUT2D eigenvalue weighted by molar-refractivity contribution is 5.92. The van der Waals surface area contributed by atoms with Gasteiger partial charge in [-0.3, -0.25) is 4.98 Å². The molecule has 2 rings (SSSR count). The molecule has 0 aliphatic heterocycles. The number of halogens is 3. The molecule has 0 unspecified atom stereocenters. The molecule has 1 N–H and O–H groups in total. The molecular weight excluding hydrogens is 275 g/mol. The summed E-state index contributed by atoms with van der Waals surface area (Å²) in [5, 5.41) is 8.97. The number of hydrogen-bond donors (Lipinski definition) is 1. The summed E-state index contributed by atoms with van der Waals surface area (Å²) in [6.45, 7) is 0. The van der Waals surface area contributed by atoms with Crippen molar-refractivity contribution in [3.05, 3.63) is 48.3 Å². The van der Waals surface area contributed by atoms with Crippen molar-refractivity contribution in [2.45, 2.75) is 6.36 Å². The maximum atomic E-state index is 12.2. The number of carboxylic acid groups (broad SMARTS) is 1. The van der Waals surface area contributed by atoms with Crippen LogP contribution in [-0.4, -0.2) is 22.4 Å². The second kappa shape index (κ2) is 5.20.